The van der Waals surface area contributed by atoms with E-state index >= 15 is 0 Å². The van der Waals surface area contributed by atoms with E-state index in [4.69, 9.17) is 10.5 Å². The summed E-state index contributed by atoms with van der Waals surface area (Å²) in [6, 6.07) is 17.1. The van der Waals surface area contributed by atoms with Crippen molar-refractivity contribution in [3.63, 3.8) is 0 Å². The minimum absolute atomic E-state index is 0. The van der Waals surface area contributed by atoms with Gasteiger partial charge in [0, 0.05) is 24.2 Å². The van der Waals surface area contributed by atoms with Gasteiger partial charge in [-0.25, -0.2) is 4.98 Å². The number of hydrogen-bond donors (Lipinski definition) is 2. The number of benzene rings is 1. The minimum Gasteiger partial charge on any atom is -0.368 e. The van der Waals surface area contributed by atoms with Gasteiger partial charge in [0.05, 0.1) is 29.9 Å². The third-order valence-electron chi connectivity index (χ3n) is 5.21. The first-order valence-corrected chi connectivity index (χ1v) is 10.1. The lowest BCUT2D eigenvalue weighted by molar-refractivity contribution is -0.130. The summed E-state index contributed by atoms with van der Waals surface area (Å²) in [4.78, 5) is 18.8. The van der Waals surface area contributed by atoms with Gasteiger partial charge in [0.1, 0.15) is 11.9 Å². The Bertz CT molecular complexity index is 977. The van der Waals surface area contributed by atoms with Crippen LogP contribution >= 0.6 is 12.4 Å². The maximum absolute atomic E-state index is 12.4. The molecule has 1 amide bonds. The van der Waals surface area contributed by atoms with E-state index in [2.05, 4.69) is 27.8 Å². The molecule has 2 N–H and O–H groups in total. The Morgan fingerprint density at radius 1 is 1.23 bits per heavy atom. The normalized spacial score (nSPS) is 15.5. The Morgan fingerprint density at radius 2 is 1.97 bits per heavy atom. The van der Waals surface area contributed by atoms with E-state index in [9.17, 15) is 4.79 Å². The smallest absolute Gasteiger partial charge is 0.237 e. The summed E-state index contributed by atoms with van der Waals surface area (Å²) in [6.45, 7) is 5.47. The fraction of sp³-hybridized carbons (Fsp3) is 0.391. The van der Waals surface area contributed by atoms with Gasteiger partial charge in [-0.15, -0.1) is 12.4 Å². The summed E-state index contributed by atoms with van der Waals surface area (Å²) in [7, 11) is 0. The number of rotatable bonds is 7. The Morgan fingerprint density at radius 3 is 2.65 bits per heavy atom. The van der Waals surface area contributed by atoms with Crippen LogP contribution < -0.4 is 10.6 Å². The van der Waals surface area contributed by atoms with E-state index in [1.165, 1.54) is 0 Å². The summed E-state index contributed by atoms with van der Waals surface area (Å²) < 4.78 is 0. The van der Waals surface area contributed by atoms with Crippen molar-refractivity contribution in [2.24, 2.45) is 0 Å². The van der Waals surface area contributed by atoms with Crippen molar-refractivity contribution >= 4 is 24.1 Å². The standard InChI is InChI=1S/C23H26N6O.ClH/c1-23(2,27-15-22(30)29-12-4-5-19(29)14-25)16-26-21-7-3-6-20(28-21)18-10-8-17(13-24)9-11-18;/h3,6-11,19,27H,4-5,12,15-16H2,1-2H3,(H,26,28);1H/t19-;/m0./s1. The zero-order valence-corrected chi connectivity index (χ0v) is 18.6. The highest BCUT2D eigenvalue weighted by atomic mass is 35.5. The Kier molecular flexibility index (Phi) is 8.38. The van der Waals surface area contributed by atoms with E-state index in [0.29, 0.717) is 18.7 Å². The lowest BCUT2D eigenvalue weighted by Gasteiger charge is -2.28. The molecule has 7 nitrogen and oxygen atoms in total. The maximum Gasteiger partial charge on any atom is 0.237 e. The Labute approximate surface area is 189 Å². The van der Waals surface area contributed by atoms with Crippen LogP contribution in [0.3, 0.4) is 0 Å². The first kappa shape index (κ1) is 24.1. The summed E-state index contributed by atoms with van der Waals surface area (Å²) in [5, 5.41) is 24.7. The van der Waals surface area contributed by atoms with Crippen LogP contribution in [0.2, 0.25) is 0 Å². The summed E-state index contributed by atoms with van der Waals surface area (Å²) in [6.07, 6.45) is 1.64. The maximum atomic E-state index is 12.4. The Hall–Kier alpha value is -3.13. The zero-order chi connectivity index (χ0) is 21.6. The van der Waals surface area contributed by atoms with Gasteiger partial charge in [0.25, 0.3) is 0 Å². The zero-order valence-electron chi connectivity index (χ0n) is 17.8. The number of amides is 1. The van der Waals surface area contributed by atoms with Crippen LogP contribution in [-0.2, 0) is 4.79 Å². The highest BCUT2D eigenvalue weighted by Gasteiger charge is 2.29. The second-order valence-corrected chi connectivity index (χ2v) is 8.06. The molecule has 3 rings (SSSR count). The molecule has 162 valence electrons. The second-order valence-electron chi connectivity index (χ2n) is 8.06. The van der Waals surface area contributed by atoms with Crippen molar-refractivity contribution in [2.75, 3.05) is 25.0 Å². The molecule has 0 bridgehead atoms. The molecule has 1 aromatic heterocycles. The lowest BCUT2D eigenvalue weighted by atomic mass is 10.1. The molecule has 1 saturated heterocycles. The second kappa shape index (κ2) is 10.8. The molecule has 1 fully saturated rings. The average molecular weight is 439 g/mol. The fourth-order valence-corrected chi connectivity index (χ4v) is 3.40. The minimum atomic E-state index is -0.344. The van der Waals surface area contributed by atoms with Crippen molar-refractivity contribution in [1.29, 1.82) is 10.5 Å². The number of carbonyl (C=O) groups is 1. The highest BCUT2D eigenvalue weighted by molar-refractivity contribution is 5.85. The third-order valence-corrected chi connectivity index (χ3v) is 5.21. The number of carbonyl (C=O) groups excluding carboxylic acids is 1. The van der Waals surface area contributed by atoms with Crippen LogP contribution in [0.15, 0.2) is 42.5 Å². The van der Waals surface area contributed by atoms with Crippen molar-refractivity contribution in [2.45, 2.75) is 38.3 Å². The van der Waals surface area contributed by atoms with Crippen LogP contribution in [0.1, 0.15) is 32.3 Å². The van der Waals surface area contributed by atoms with Gasteiger partial charge >= 0.3 is 0 Å². The predicted octanol–water partition coefficient (Wildman–Crippen LogP) is 3.34. The molecular formula is C23H27ClN6O. The summed E-state index contributed by atoms with van der Waals surface area (Å²) in [5.74, 6) is 0.704. The summed E-state index contributed by atoms with van der Waals surface area (Å²) in [5.41, 5.74) is 2.04. The number of aromatic nitrogens is 1. The van der Waals surface area contributed by atoms with Gasteiger partial charge in [-0.1, -0.05) is 18.2 Å². The predicted molar refractivity (Wildman–Crippen MR) is 123 cm³/mol. The van der Waals surface area contributed by atoms with Crippen LogP contribution in [0.5, 0.6) is 0 Å². The van der Waals surface area contributed by atoms with E-state index in [-0.39, 0.29) is 36.4 Å². The molecule has 2 aromatic rings. The topological polar surface area (TPSA) is 105 Å². The molecule has 1 aromatic carbocycles. The highest BCUT2D eigenvalue weighted by Crippen LogP contribution is 2.20. The molecule has 31 heavy (non-hydrogen) atoms. The van der Waals surface area contributed by atoms with E-state index in [0.717, 1.165) is 29.9 Å². The van der Waals surface area contributed by atoms with Crippen molar-refractivity contribution in [3.05, 3.63) is 48.0 Å². The third kappa shape index (κ3) is 6.42. The molecular weight excluding hydrogens is 412 g/mol. The molecule has 0 radical (unpaired) electrons. The van der Waals surface area contributed by atoms with Crippen molar-refractivity contribution in [1.82, 2.24) is 15.2 Å². The first-order valence-electron chi connectivity index (χ1n) is 10.1. The molecule has 0 aliphatic carbocycles. The number of anilines is 1. The van der Waals surface area contributed by atoms with E-state index < -0.39 is 0 Å². The number of nitriles is 2. The van der Waals surface area contributed by atoms with Gasteiger partial charge < -0.3 is 15.5 Å². The van der Waals surface area contributed by atoms with Crippen LogP contribution in [0.4, 0.5) is 5.82 Å². The fourth-order valence-electron chi connectivity index (χ4n) is 3.40. The first-order chi connectivity index (χ1) is 14.4. The van der Waals surface area contributed by atoms with Crippen molar-refractivity contribution in [3.8, 4) is 23.4 Å². The number of nitrogens with zero attached hydrogens (tertiary/aromatic N) is 4. The molecule has 0 spiro atoms. The number of halogens is 1. The SMILES string of the molecule is CC(C)(CNc1cccc(-c2ccc(C#N)cc2)n1)NCC(=O)N1CCC[C@H]1C#N.Cl. The molecule has 1 aliphatic rings. The van der Waals surface area contributed by atoms with Crippen LogP contribution in [0, 0.1) is 22.7 Å². The average Bonchev–Trinajstić information content (AvgIpc) is 3.25. The van der Waals surface area contributed by atoms with E-state index in [1.54, 1.807) is 17.0 Å². The van der Waals surface area contributed by atoms with E-state index in [1.807, 2.05) is 44.2 Å². The molecule has 0 unspecified atom stereocenters. The van der Waals surface area contributed by atoms with Gasteiger partial charge in [-0.2, -0.15) is 10.5 Å². The number of likely N-dealkylation sites (tertiary alicyclic amines) is 1. The number of hydrogen-bond acceptors (Lipinski definition) is 6. The van der Waals surface area contributed by atoms with Gasteiger partial charge in [-0.3, -0.25) is 4.79 Å². The van der Waals surface area contributed by atoms with Gasteiger partial charge in [0.2, 0.25) is 5.91 Å². The monoisotopic (exact) mass is 438 g/mol. The molecule has 8 heteroatoms. The molecule has 2 heterocycles. The van der Waals surface area contributed by atoms with Crippen LogP contribution in [0.25, 0.3) is 11.3 Å². The molecule has 1 aliphatic heterocycles. The molecule has 1 atom stereocenters. The molecule has 0 saturated carbocycles. The van der Waals surface area contributed by atoms with Gasteiger partial charge in [0.15, 0.2) is 0 Å². The largest absolute Gasteiger partial charge is 0.368 e. The van der Waals surface area contributed by atoms with Crippen molar-refractivity contribution < 1.29 is 4.79 Å². The van der Waals surface area contributed by atoms with Gasteiger partial charge in [-0.05, 0) is 51.0 Å². The Balaban J connectivity index is 0.00000341. The van der Waals surface area contributed by atoms with Crippen LogP contribution in [-0.4, -0.2) is 47.0 Å². The number of nitrogens with one attached hydrogen (secondary N) is 2. The number of pyridine rings is 1. The quantitative estimate of drug-likeness (QED) is 0.686. The summed E-state index contributed by atoms with van der Waals surface area (Å²) >= 11 is 0. The lowest BCUT2D eigenvalue weighted by Crippen LogP contribution is -2.50.